The third-order valence-corrected chi connectivity index (χ3v) is 2.83. The van der Waals surface area contributed by atoms with E-state index in [1.807, 2.05) is 49.0 Å². The van der Waals surface area contributed by atoms with Gasteiger partial charge in [0, 0.05) is 25.9 Å². The number of rotatable bonds is 3. The van der Waals surface area contributed by atoms with E-state index in [1.165, 1.54) is 5.56 Å². The van der Waals surface area contributed by atoms with Gasteiger partial charge in [0.2, 0.25) is 0 Å². The van der Waals surface area contributed by atoms with Gasteiger partial charge in [-0.25, -0.2) is 0 Å². The van der Waals surface area contributed by atoms with Gasteiger partial charge in [0.1, 0.15) is 0 Å². The Kier molecular flexibility index (Phi) is 2.68. The molecule has 0 spiro atoms. The summed E-state index contributed by atoms with van der Waals surface area (Å²) in [6, 6.07) is 0.233. The van der Waals surface area contributed by atoms with Gasteiger partial charge in [-0.05, 0) is 13.8 Å². The van der Waals surface area contributed by atoms with Crippen molar-refractivity contribution in [1.82, 2.24) is 19.6 Å². The van der Waals surface area contributed by atoms with Crippen LogP contribution in [0.4, 0.5) is 5.69 Å². The number of aryl methyl sites for hydroxylation is 2. The second kappa shape index (κ2) is 4.00. The number of anilines is 1. The molecule has 0 saturated heterocycles. The maximum atomic E-state index is 4.20. The highest BCUT2D eigenvalue weighted by molar-refractivity contribution is 5.47. The Hall–Kier alpha value is -1.78. The lowest BCUT2D eigenvalue weighted by atomic mass is 10.2. The molecule has 0 radical (unpaired) electrons. The molecule has 0 aliphatic rings. The van der Waals surface area contributed by atoms with Crippen molar-refractivity contribution in [2.75, 3.05) is 5.32 Å². The van der Waals surface area contributed by atoms with Crippen LogP contribution in [0.25, 0.3) is 0 Å². The fourth-order valence-electron chi connectivity index (χ4n) is 1.62. The Balaban J connectivity index is 2.13. The quantitative estimate of drug-likeness (QED) is 0.853. The standard InChI is InChI=1S/C11H17N5/c1-8(10-5-12-15(3)7-10)14-11-6-13-16(4)9(11)2/h5-8,14H,1-4H3. The van der Waals surface area contributed by atoms with Gasteiger partial charge in [0.25, 0.3) is 0 Å². The minimum Gasteiger partial charge on any atom is -0.376 e. The van der Waals surface area contributed by atoms with Gasteiger partial charge in [-0.3, -0.25) is 9.36 Å². The van der Waals surface area contributed by atoms with E-state index in [-0.39, 0.29) is 6.04 Å². The van der Waals surface area contributed by atoms with Gasteiger partial charge in [-0.15, -0.1) is 0 Å². The number of hydrogen-bond acceptors (Lipinski definition) is 3. The average Bonchev–Trinajstić information content (AvgIpc) is 2.79. The maximum absolute atomic E-state index is 4.20. The lowest BCUT2D eigenvalue weighted by Gasteiger charge is -2.12. The van der Waals surface area contributed by atoms with E-state index >= 15 is 0 Å². The molecule has 0 aromatic carbocycles. The van der Waals surface area contributed by atoms with Crippen molar-refractivity contribution in [1.29, 1.82) is 0 Å². The fourth-order valence-corrected chi connectivity index (χ4v) is 1.62. The van der Waals surface area contributed by atoms with Crippen LogP contribution in [0.15, 0.2) is 18.6 Å². The van der Waals surface area contributed by atoms with Gasteiger partial charge in [0.05, 0.1) is 29.8 Å². The number of nitrogens with zero attached hydrogens (tertiary/aromatic N) is 4. The SMILES string of the molecule is Cc1c(NC(C)c2cnn(C)c2)cnn1C. The Labute approximate surface area is 95.1 Å². The van der Waals surface area contributed by atoms with E-state index in [0.717, 1.165) is 11.4 Å². The first-order valence-electron chi connectivity index (χ1n) is 5.31. The molecule has 0 bridgehead atoms. The average molecular weight is 219 g/mol. The smallest absolute Gasteiger partial charge is 0.0760 e. The summed E-state index contributed by atoms with van der Waals surface area (Å²) in [5.74, 6) is 0. The maximum Gasteiger partial charge on any atom is 0.0760 e. The summed E-state index contributed by atoms with van der Waals surface area (Å²) in [6.45, 7) is 4.16. The Morgan fingerprint density at radius 1 is 1.25 bits per heavy atom. The molecular formula is C11H17N5. The van der Waals surface area contributed by atoms with Crippen LogP contribution in [0.1, 0.15) is 24.2 Å². The number of aromatic nitrogens is 4. The highest BCUT2D eigenvalue weighted by Crippen LogP contribution is 2.20. The van der Waals surface area contributed by atoms with E-state index in [2.05, 4.69) is 22.4 Å². The number of nitrogens with one attached hydrogen (secondary N) is 1. The number of hydrogen-bond donors (Lipinski definition) is 1. The summed E-state index contributed by atoms with van der Waals surface area (Å²) in [7, 11) is 3.86. The Bertz CT molecular complexity index is 482. The molecule has 0 aliphatic carbocycles. The molecule has 2 aromatic heterocycles. The molecule has 5 nitrogen and oxygen atoms in total. The first-order chi connectivity index (χ1) is 7.58. The first kappa shape index (κ1) is 10.7. The van der Waals surface area contributed by atoms with Crippen LogP contribution in [0.5, 0.6) is 0 Å². The zero-order valence-corrected chi connectivity index (χ0v) is 10.1. The normalized spacial score (nSPS) is 12.8. The van der Waals surface area contributed by atoms with Crippen LogP contribution in [0, 0.1) is 6.92 Å². The van der Waals surface area contributed by atoms with Crippen LogP contribution in [0.2, 0.25) is 0 Å². The van der Waals surface area contributed by atoms with Gasteiger partial charge >= 0.3 is 0 Å². The van der Waals surface area contributed by atoms with E-state index in [0.29, 0.717) is 0 Å². The fraction of sp³-hybridized carbons (Fsp3) is 0.455. The lowest BCUT2D eigenvalue weighted by Crippen LogP contribution is -2.06. The van der Waals surface area contributed by atoms with E-state index < -0.39 is 0 Å². The summed E-state index contributed by atoms with van der Waals surface area (Å²) < 4.78 is 3.67. The summed E-state index contributed by atoms with van der Waals surface area (Å²) in [5, 5.41) is 11.8. The highest BCUT2D eigenvalue weighted by Gasteiger charge is 2.10. The molecule has 1 atom stereocenters. The third kappa shape index (κ3) is 1.93. The van der Waals surface area contributed by atoms with Crippen molar-refractivity contribution in [2.45, 2.75) is 19.9 Å². The molecule has 2 heterocycles. The van der Waals surface area contributed by atoms with Gasteiger partial charge in [-0.1, -0.05) is 0 Å². The molecule has 0 saturated carbocycles. The van der Waals surface area contributed by atoms with Crippen LogP contribution in [-0.4, -0.2) is 19.6 Å². The van der Waals surface area contributed by atoms with Gasteiger partial charge in [-0.2, -0.15) is 10.2 Å². The Morgan fingerprint density at radius 3 is 2.50 bits per heavy atom. The zero-order valence-electron chi connectivity index (χ0n) is 10.1. The Morgan fingerprint density at radius 2 is 2.00 bits per heavy atom. The second-order valence-electron chi connectivity index (χ2n) is 4.08. The molecule has 1 unspecified atom stereocenters. The van der Waals surface area contributed by atoms with Crippen LogP contribution >= 0.6 is 0 Å². The molecular weight excluding hydrogens is 202 g/mol. The second-order valence-corrected chi connectivity index (χ2v) is 4.08. The minimum atomic E-state index is 0.233. The predicted molar refractivity (Wildman–Crippen MR) is 63.2 cm³/mol. The van der Waals surface area contributed by atoms with Crippen molar-refractivity contribution in [3.8, 4) is 0 Å². The topological polar surface area (TPSA) is 47.7 Å². The molecule has 5 heteroatoms. The lowest BCUT2D eigenvalue weighted by molar-refractivity contribution is 0.739. The van der Waals surface area contributed by atoms with Crippen LogP contribution in [-0.2, 0) is 14.1 Å². The highest BCUT2D eigenvalue weighted by atomic mass is 15.3. The third-order valence-electron chi connectivity index (χ3n) is 2.83. The molecule has 16 heavy (non-hydrogen) atoms. The van der Waals surface area contributed by atoms with Gasteiger partial charge < -0.3 is 5.32 Å². The predicted octanol–water partition coefficient (Wildman–Crippen LogP) is 1.64. The monoisotopic (exact) mass is 219 g/mol. The largest absolute Gasteiger partial charge is 0.376 e. The molecule has 0 amide bonds. The molecule has 1 N–H and O–H groups in total. The molecule has 0 fully saturated rings. The summed E-state index contributed by atoms with van der Waals surface area (Å²) in [6.07, 6.45) is 5.74. The van der Waals surface area contributed by atoms with E-state index in [9.17, 15) is 0 Å². The van der Waals surface area contributed by atoms with Crippen LogP contribution in [0.3, 0.4) is 0 Å². The van der Waals surface area contributed by atoms with E-state index in [1.54, 1.807) is 0 Å². The summed E-state index contributed by atoms with van der Waals surface area (Å²) >= 11 is 0. The summed E-state index contributed by atoms with van der Waals surface area (Å²) in [4.78, 5) is 0. The van der Waals surface area contributed by atoms with Crippen molar-refractivity contribution < 1.29 is 0 Å². The zero-order chi connectivity index (χ0) is 11.7. The molecule has 86 valence electrons. The van der Waals surface area contributed by atoms with Crippen molar-refractivity contribution >= 4 is 5.69 Å². The van der Waals surface area contributed by atoms with Crippen molar-refractivity contribution in [3.05, 3.63) is 29.8 Å². The van der Waals surface area contributed by atoms with Crippen molar-refractivity contribution in [3.63, 3.8) is 0 Å². The van der Waals surface area contributed by atoms with Crippen LogP contribution < -0.4 is 5.32 Å². The molecule has 0 aliphatic heterocycles. The van der Waals surface area contributed by atoms with Gasteiger partial charge in [0.15, 0.2) is 0 Å². The van der Waals surface area contributed by atoms with Crippen molar-refractivity contribution in [2.24, 2.45) is 14.1 Å². The minimum absolute atomic E-state index is 0.233. The molecule has 2 rings (SSSR count). The van der Waals surface area contributed by atoms with E-state index in [4.69, 9.17) is 0 Å². The summed E-state index contributed by atoms with van der Waals surface area (Å²) in [5.41, 5.74) is 3.38. The first-order valence-corrected chi connectivity index (χ1v) is 5.31. The molecule has 2 aromatic rings.